The highest BCUT2D eigenvalue weighted by Crippen LogP contribution is 2.26. The molecule has 18 heavy (non-hydrogen) atoms. The molecule has 0 saturated carbocycles. The smallest absolute Gasteiger partial charge is 0.342 e. The molecule has 2 rings (SSSR count). The highest BCUT2D eigenvalue weighted by molar-refractivity contribution is 5.93. The number of hydrogen-bond donors (Lipinski definition) is 1. The molecule has 0 bridgehead atoms. The van der Waals surface area contributed by atoms with Gasteiger partial charge in [-0.3, -0.25) is 10.1 Å². The first-order valence-corrected chi connectivity index (χ1v) is 5.51. The van der Waals surface area contributed by atoms with Gasteiger partial charge in [-0.1, -0.05) is 12.2 Å². The fourth-order valence-electron chi connectivity index (χ4n) is 1.93. The van der Waals surface area contributed by atoms with Crippen LogP contribution in [0.3, 0.4) is 0 Å². The van der Waals surface area contributed by atoms with E-state index in [1.165, 1.54) is 12.1 Å². The molecule has 0 fully saturated rings. The standard InChI is InChI=1S/C12H12N2O4/c15-12(16)10-8-9(4-5-11(10)14(17)18)13-6-2-1-3-7-13/h1-2,4-5,8H,3,6-7H2,(H,15,16). The van der Waals surface area contributed by atoms with Crippen LogP contribution in [0.1, 0.15) is 16.8 Å². The van der Waals surface area contributed by atoms with Crippen LogP contribution in [0.5, 0.6) is 0 Å². The lowest BCUT2D eigenvalue weighted by Gasteiger charge is -2.25. The Morgan fingerprint density at radius 3 is 2.72 bits per heavy atom. The monoisotopic (exact) mass is 248 g/mol. The van der Waals surface area contributed by atoms with Gasteiger partial charge in [-0.05, 0) is 18.6 Å². The van der Waals surface area contributed by atoms with Gasteiger partial charge in [0, 0.05) is 24.8 Å². The van der Waals surface area contributed by atoms with Crippen LogP contribution >= 0.6 is 0 Å². The Morgan fingerprint density at radius 2 is 2.17 bits per heavy atom. The average Bonchev–Trinajstić information content (AvgIpc) is 2.39. The molecule has 0 amide bonds. The van der Waals surface area contributed by atoms with Gasteiger partial charge in [0.1, 0.15) is 5.56 Å². The summed E-state index contributed by atoms with van der Waals surface area (Å²) >= 11 is 0. The van der Waals surface area contributed by atoms with E-state index in [1.807, 2.05) is 11.0 Å². The third kappa shape index (κ3) is 2.32. The molecule has 1 N–H and O–H groups in total. The molecule has 1 aromatic rings. The first kappa shape index (κ1) is 12.1. The van der Waals surface area contributed by atoms with Crippen LogP contribution in [0.2, 0.25) is 0 Å². The van der Waals surface area contributed by atoms with Gasteiger partial charge in [0.05, 0.1) is 4.92 Å². The quantitative estimate of drug-likeness (QED) is 0.503. The lowest BCUT2D eigenvalue weighted by molar-refractivity contribution is -0.385. The third-order valence-electron chi connectivity index (χ3n) is 2.83. The first-order chi connectivity index (χ1) is 8.59. The van der Waals surface area contributed by atoms with Crippen molar-refractivity contribution in [2.75, 3.05) is 18.0 Å². The van der Waals surface area contributed by atoms with Gasteiger partial charge in [0.15, 0.2) is 0 Å². The molecule has 0 spiro atoms. The van der Waals surface area contributed by atoms with Crippen LogP contribution in [0.25, 0.3) is 0 Å². The Bertz CT molecular complexity index is 525. The lowest BCUT2D eigenvalue weighted by Crippen LogP contribution is -2.26. The molecule has 0 unspecified atom stereocenters. The molecule has 1 aliphatic rings. The number of hydrogen-bond acceptors (Lipinski definition) is 4. The minimum absolute atomic E-state index is 0.271. The number of nitro groups is 1. The number of anilines is 1. The van der Waals surface area contributed by atoms with Crippen LogP contribution in [-0.4, -0.2) is 29.1 Å². The number of benzene rings is 1. The van der Waals surface area contributed by atoms with Gasteiger partial charge >= 0.3 is 5.97 Å². The van der Waals surface area contributed by atoms with E-state index in [9.17, 15) is 14.9 Å². The Kier molecular flexibility index (Phi) is 3.27. The molecule has 0 aromatic heterocycles. The molecular formula is C12H12N2O4. The van der Waals surface area contributed by atoms with Crippen molar-refractivity contribution in [2.24, 2.45) is 0 Å². The Hall–Kier alpha value is -2.37. The summed E-state index contributed by atoms with van der Waals surface area (Å²) in [4.78, 5) is 23.1. The number of carbonyl (C=O) groups is 1. The second-order valence-electron chi connectivity index (χ2n) is 3.97. The second-order valence-corrected chi connectivity index (χ2v) is 3.97. The van der Waals surface area contributed by atoms with Gasteiger partial charge in [-0.25, -0.2) is 4.79 Å². The van der Waals surface area contributed by atoms with Crippen molar-refractivity contribution in [1.29, 1.82) is 0 Å². The zero-order chi connectivity index (χ0) is 13.1. The third-order valence-corrected chi connectivity index (χ3v) is 2.83. The molecule has 0 atom stereocenters. The summed E-state index contributed by atoms with van der Waals surface area (Å²) in [5.41, 5.74) is 0.0493. The molecule has 1 aromatic carbocycles. The maximum atomic E-state index is 11.0. The summed E-state index contributed by atoms with van der Waals surface area (Å²) in [6, 6.07) is 4.19. The molecule has 94 valence electrons. The fraction of sp³-hybridized carbons (Fsp3) is 0.250. The predicted octanol–water partition coefficient (Wildman–Crippen LogP) is 2.06. The van der Waals surface area contributed by atoms with Crippen molar-refractivity contribution >= 4 is 17.3 Å². The summed E-state index contributed by atoms with van der Waals surface area (Å²) in [5, 5.41) is 19.7. The maximum Gasteiger partial charge on any atom is 0.342 e. The molecular weight excluding hydrogens is 236 g/mol. The zero-order valence-corrected chi connectivity index (χ0v) is 9.57. The van der Waals surface area contributed by atoms with Crippen LogP contribution < -0.4 is 4.90 Å². The van der Waals surface area contributed by atoms with E-state index in [0.29, 0.717) is 12.2 Å². The van der Waals surface area contributed by atoms with Gasteiger partial charge in [0.2, 0.25) is 0 Å². The van der Waals surface area contributed by atoms with E-state index in [2.05, 4.69) is 6.08 Å². The Balaban J connectivity index is 2.39. The van der Waals surface area contributed by atoms with Crippen LogP contribution in [0, 0.1) is 10.1 Å². The predicted molar refractivity (Wildman–Crippen MR) is 66.0 cm³/mol. The summed E-state index contributed by atoms with van der Waals surface area (Å²) in [5.74, 6) is -1.28. The highest BCUT2D eigenvalue weighted by Gasteiger charge is 2.21. The zero-order valence-electron chi connectivity index (χ0n) is 9.57. The molecule has 6 nitrogen and oxygen atoms in total. The van der Waals surface area contributed by atoms with E-state index < -0.39 is 10.9 Å². The van der Waals surface area contributed by atoms with Gasteiger partial charge in [-0.15, -0.1) is 0 Å². The Labute approximate surface area is 103 Å². The highest BCUT2D eigenvalue weighted by atomic mass is 16.6. The summed E-state index contributed by atoms with van der Waals surface area (Å²) in [6.07, 6.45) is 4.94. The van der Waals surface area contributed by atoms with Gasteiger partial charge in [-0.2, -0.15) is 0 Å². The van der Waals surface area contributed by atoms with Crippen LogP contribution in [-0.2, 0) is 0 Å². The van der Waals surface area contributed by atoms with Crippen molar-refractivity contribution in [3.63, 3.8) is 0 Å². The topological polar surface area (TPSA) is 83.7 Å². The number of carboxylic acids is 1. The minimum atomic E-state index is -1.28. The van der Waals surface area contributed by atoms with Crippen molar-refractivity contribution in [3.05, 3.63) is 46.0 Å². The van der Waals surface area contributed by atoms with E-state index in [0.717, 1.165) is 13.0 Å². The number of nitro benzene ring substituents is 1. The number of rotatable bonds is 3. The number of nitrogens with zero attached hydrogens (tertiary/aromatic N) is 2. The normalized spacial score (nSPS) is 14.6. The van der Waals surface area contributed by atoms with E-state index in [1.54, 1.807) is 6.07 Å². The molecule has 1 aliphatic heterocycles. The molecule has 6 heteroatoms. The van der Waals surface area contributed by atoms with E-state index in [4.69, 9.17) is 5.11 Å². The van der Waals surface area contributed by atoms with Crippen molar-refractivity contribution in [1.82, 2.24) is 0 Å². The van der Waals surface area contributed by atoms with Gasteiger partial charge < -0.3 is 10.0 Å². The van der Waals surface area contributed by atoms with Crippen molar-refractivity contribution < 1.29 is 14.8 Å². The van der Waals surface area contributed by atoms with Gasteiger partial charge in [0.25, 0.3) is 5.69 Å². The number of carboxylic acid groups (broad SMARTS) is 1. The molecule has 1 heterocycles. The SMILES string of the molecule is O=C(O)c1cc(N2CC=CCC2)ccc1[N+](=O)[O-]. The van der Waals surface area contributed by atoms with Crippen molar-refractivity contribution in [2.45, 2.75) is 6.42 Å². The first-order valence-electron chi connectivity index (χ1n) is 5.51. The second kappa shape index (κ2) is 4.87. The van der Waals surface area contributed by atoms with Crippen LogP contribution in [0.15, 0.2) is 30.4 Å². The van der Waals surface area contributed by atoms with Crippen molar-refractivity contribution in [3.8, 4) is 0 Å². The number of aromatic carboxylic acids is 1. The summed E-state index contributed by atoms with van der Waals surface area (Å²) in [6.45, 7) is 1.48. The largest absolute Gasteiger partial charge is 0.477 e. The summed E-state index contributed by atoms with van der Waals surface area (Å²) < 4.78 is 0. The van der Waals surface area contributed by atoms with Crippen LogP contribution in [0.4, 0.5) is 11.4 Å². The molecule has 0 aliphatic carbocycles. The maximum absolute atomic E-state index is 11.0. The van der Waals surface area contributed by atoms with E-state index in [-0.39, 0.29) is 11.3 Å². The summed E-state index contributed by atoms with van der Waals surface area (Å²) in [7, 11) is 0. The minimum Gasteiger partial charge on any atom is -0.477 e. The average molecular weight is 248 g/mol. The molecule has 0 radical (unpaired) electrons. The van der Waals surface area contributed by atoms with E-state index >= 15 is 0 Å². The lowest BCUT2D eigenvalue weighted by atomic mass is 10.1. The molecule has 0 saturated heterocycles. The fourth-order valence-corrected chi connectivity index (χ4v) is 1.93. The Morgan fingerprint density at radius 1 is 1.39 bits per heavy atom.